The van der Waals surface area contributed by atoms with Gasteiger partial charge in [-0.3, -0.25) is 4.79 Å². The minimum absolute atomic E-state index is 0.154. The van der Waals surface area contributed by atoms with Gasteiger partial charge < -0.3 is 4.74 Å². The van der Waals surface area contributed by atoms with Crippen LogP contribution in [0.3, 0.4) is 0 Å². The molecule has 0 unspecified atom stereocenters. The number of carbonyl (C=O) groups is 1. The van der Waals surface area contributed by atoms with E-state index in [2.05, 4.69) is 6.58 Å². The lowest BCUT2D eigenvalue weighted by atomic mass is 9.93. The summed E-state index contributed by atoms with van der Waals surface area (Å²) in [6.45, 7) is 3.75. The summed E-state index contributed by atoms with van der Waals surface area (Å²) in [5.41, 5.74) is 0.569. The predicted molar refractivity (Wildman–Crippen MR) is 58.4 cm³/mol. The Hall–Kier alpha value is -1.57. The van der Waals surface area contributed by atoms with Gasteiger partial charge >= 0.3 is 5.97 Å². The Kier molecular flexibility index (Phi) is 2.35. The van der Waals surface area contributed by atoms with Gasteiger partial charge in [-0.25, -0.2) is 0 Å². The number of methoxy groups -OCH3 is 1. The molecular weight excluding hydrogens is 188 g/mol. The van der Waals surface area contributed by atoms with E-state index in [9.17, 15) is 4.79 Å². The van der Waals surface area contributed by atoms with Crippen LogP contribution in [0.4, 0.5) is 0 Å². The SMILES string of the molecule is C=C[C@H]1C[C@]1(C(=O)OC)c1ccccc1. The molecule has 0 heterocycles. The lowest BCUT2D eigenvalue weighted by Crippen LogP contribution is -2.24. The molecule has 78 valence electrons. The third-order valence-corrected chi connectivity index (χ3v) is 3.14. The molecule has 0 aliphatic heterocycles. The standard InChI is InChI=1S/C13H14O2/c1-3-10-9-13(10,12(14)15-2)11-7-5-4-6-8-11/h3-8,10H,1,9H2,2H3/t10-,13+/m0/s1. The van der Waals surface area contributed by atoms with Crippen molar-refractivity contribution in [3.63, 3.8) is 0 Å². The number of hydrogen-bond acceptors (Lipinski definition) is 2. The van der Waals surface area contributed by atoms with Gasteiger partial charge in [0.05, 0.1) is 12.5 Å². The second-order valence-electron chi connectivity index (χ2n) is 3.88. The van der Waals surface area contributed by atoms with Crippen molar-refractivity contribution < 1.29 is 9.53 Å². The lowest BCUT2D eigenvalue weighted by Gasteiger charge is -2.14. The molecule has 1 saturated carbocycles. The van der Waals surface area contributed by atoms with Gasteiger partial charge in [-0.15, -0.1) is 6.58 Å². The number of ether oxygens (including phenoxy) is 1. The van der Waals surface area contributed by atoms with Gasteiger partial charge in [0, 0.05) is 0 Å². The third kappa shape index (κ3) is 1.37. The second kappa shape index (κ2) is 3.54. The van der Waals surface area contributed by atoms with Crippen molar-refractivity contribution in [2.75, 3.05) is 7.11 Å². The van der Waals surface area contributed by atoms with Crippen LogP contribution in [0.5, 0.6) is 0 Å². The van der Waals surface area contributed by atoms with E-state index < -0.39 is 5.41 Å². The van der Waals surface area contributed by atoms with E-state index in [1.54, 1.807) is 0 Å². The fraction of sp³-hybridized carbons (Fsp3) is 0.308. The van der Waals surface area contributed by atoms with Crippen molar-refractivity contribution in [2.24, 2.45) is 5.92 Å². The number of esters is 1. The molecule has 15 heavy (non-hydrogen) atoms. The third-order valence-electron chi connectivity index (χ3n) is 3.14. The van der Waals surface area contributed by atoms with E-state index >= 15 is 0 Å². The zero-order valence-electron chi connectivity index (χ0n) is 8.77. The lowest BCUT2D eigenvalue weighted by molar-refractivity contribution is -0.144. The van der Waals surface area contributed by atoms with Crippen LogP contribution in [-0.4, -0.2) is 13.1 Å². The summed E-state index contributed by atoms with van der Waals surface area (Å²) < 4.78 is 4.88. The number of allylic oxidation sites excluding steroid dienone is 1. The van der Waals surface area contributed by atoms with Gasteiger partial charge in [0.15, 0.2) is 0 Å². The molecule has 1 aliphatic rings. The quantitative estimate of drug-likeness (QED) is 0.555. The minimum atomic E-state index is -0.461. The Labute approximate surface area is 89.6 Å². The van der Waals surface area contributed by atoms with E-state index in [-0.39, 0.29) is 11.9 Å². The number of rotatable bonds is 3. The van der Waals surface area contributed by atoms with Gasteiger partial charge in [-0.2, -0.15) is 0 Å². The van der Waals surface area contributed by atoms with Gasteiger partial charge in [0.2, 0.25) is 0 Å². The first kappa shape index (κ1) is 9.97. The fourth-order valence-corrected chi connectivity index (χ4v) is 2.17. The summed E-state index contributed by atoms with van der Waals surface area (Å²) in [6, 6.07) is 9.78. The van der Waals surface area contributed by atoms with Crippen LogP contribution in [0.15, 0.2) is 43.0 Å². The van der Waals surface area contributed by atoms with Crippen LogP contribution in [0.2, 0.25) is 0 Å². The molecule has 1 aliphatic carbocycles. The van der Waals surface area contributed by atoms with Crippen LogP contribution >= 0.6 is 0 Å². The second-order valence-corrected chi connectivity index (χ2v) is 3.88. The van der Waals surface area contributed by atoms with E-state index in [1.807, 2.05) is 36.4 Å². The van der Waals surface area contributed by atoms with E-state index in [1.165, 1.54) is 7.11 Å². The molecule has 0 aromatic heterocycles. The monoisotopic (exact) mass is 202 g/mol. The molecule has 0 radical (unpaired) electrons. The Balaban J connectivity index is 2.38. The molecule has 0 saturated heterocycles. The van der Waals surface area contributed by atoms with Gasteiger partial charge in [0.1, 0.15) is 0 Å². The highest BCUT2D eigenvalue weighted by Gasteiger charge is 2.60. The van der Waals surface area contributed by atoms with Crippen LogP contribution in [0.1, 0.15) is 12.0 Å². The Bertz CT molecular complexity index is 383. The Morgan fingerprint density at radius 2 is 2.20 bits per heavy atom. The van der Waals surface area contributed by atoms with Crippen molar-refractivity contribution in [3.8, 4) is 0 Å². The summed E-state index contributed by atoms with van der Waals surface area (Å²) in [5.74, 6) is 0.0611. The Morgan fingerprint density at radius 1 is 1.53 bits per heavy atom. The molecule has 2 rings (SSSR count). The van der Waals surface area contributed by atoms with Gasteiger partial charge in [-0.05, 0) is 17.9 Å². The molecule has 0 amide bonds. The number of carbonyl (C=O) groups excluding carboxylic acids is 1. The van der Waals surface area contributed by atoms with Crippen molar-refractivity contribution in [2.45, 2.75) is 11.8 Å². The van der Waals surface area contributed by atoms with E-state index in [0.29, 0.717) is 0 Å². The highest BCUT2D eigenvalue weighted by molar-refractivity contribution is 5.88. The zero-order valence-corrected chi connectivity index (χ0v) is 8.77. The molecule has 2 heteroatoms. The highest BCUT2D eigenvalue weighted by atomic mass is 16.5. The molecule has 2 nitrogen and oxygen atoms in total. The van der Waals surface area contributed by atoms with E-state index in [4.69, 9.17) is 4.74 Å². The molecular formula is C13H14O2. The maximum absolute atomic E-state index is 11.8. The smallest absolute Gasteiger partial charge is 0.316 e. The van der Waals surface area contributed by atoms with Crippen molar-refractivity contribution in [1.29, 1.82) is 0 Å². The maximum atomic E-state index is 11.8. The van der Waals surface area contributed by atoms with Gasteiger partial charge in [0.25, 0.3) is 0 Å². The average molecular weight is 202 g/mol. The normalized spacial score (nSPS) is 28.2. The van der Waals surface area contributed by atoms with Crippen LogP contribution < -0.4 is 0 Å². The minimum Gasteiger partial charge on any atom is -0.468 e. The molecule has 1 aromatic carbocycles. The van der Waals surface area contributed by atoms with Crippen molar-refractivity contribution in [1.82, 2.24) is 0 Å². The van der Waals surface area contributed by atoms with Crippen molar-refractivity contribution >= 4 is 5.97 Å². The van der Waals surface area contributed by atoms with Crippen LogP contribution in [0.25, 0.3) is 0 Å². The summed E-state index contributed by atoms with van der Waals surface area (Å²) in [4.78, 5) is 11.8. The highest BCUT2D eigenvalue weighted by Crippen LogP contribution is 2.55. The molecule has 0 N–H and O–H groups in total. The summed E-state index contributed by atoms with van der Waals surface area (Å²) >= 11 is 0. The fourth-order valence-electron chi connectivity index (χ4n) is 2.17. The Morgan fingerprint density at radius 3 is 2.67 bits per heavy atom. The predicted octanol–water partition coefficient (Wildman–Crippen LogP) is 2.30. The maximum Gasteiger partial charge on any atom is 0.316 e. The zero-order chi connectivity index (χ0) is 10.9. The number of benzene rings is 1. The molecule has 0 bridgehead atoms. The van der Waals surface area contributed by atoms with Crippen LogP contribution in [-0.2, 0) is 14.9 Å². The number of hydrogen-bond donors (Lipinski definition) is 0. The molecule has 1 fully saturated rings. The average Bonchev–Trinajstić information content (AvgIpc) is 3.05. The molecule has 1 aromatic rings. The van der Waals surface area contributed by atoms with Crippen LogP contribution in [0, 0.1) is 5.92 Å². The molecule has 0 spiro atoms. The first-order valence-corrected chi connectivity index (χ1v) is 5.02. The largest absolute Gasteiger partial charge is 0.468 e. The molecule has 2 atom stereocenters. The summed E-state index contributed by atoms with van der Waals surface area (Å²) in [6.07, 6.45) is 2.65. The topological polar surface area (TPSA) is 26.3 Å². The van der Waals surface area contributed by atoms with Gasteiger partial charge in [-0.1, -0.05) is 36.4 Å². The summed E-state index contributed by atoms with van der Waals surface area (Å²) in [7, 11) is 1.44. The first-order valence-electron chi connectivity index (χ1n) is 5.02. The van der Waals surface area contributed by atoms with E-state index in [0.717, 1.165) is 12.0 Å². The van der Waals surface area contributed by atoms with Crippen molar-refractivity contribution in [3.05, 3.63) is 48.6 Å². The first-order chi connectivity index (χ1) is 7.25. The summed E-state index contributed by atoms with van der Waals surface area (Å²) in [5, 5.41) is 0.